The summed E-state index contributed by atoms with van der Waals surface area (Å²) in [6.07, 6.45) is 3.26. The van der Waals surface area contributed by atoms with Crippen molar-refractivity contribution in [3.63, 3.8) is 0 Å². The molecule has 7 heteroatoms. The number of amides is 2. The Morgan fingerprint density at radius 1 is 1.41 bits per heavy atom. The molecule has 0 unspecified atom stereocenters. The molecule has 1 aliphatic heterocycles. The minimum atomic E-state index is -0.299. The van der Waals surface area contributed by atoms with Gasteiger partial charge in [-0.2, -0.15) is 0 Å². The highest BCUT2D eigenvalue weighted by Gasteiger charge is 2.34. The molecule has 1 fully saturated rings. The average molecular weight is 342 g/mol. The summed E-state index contributed by atoms with van der Waals surface area (Å²) in [5, 5.41) is 9.56. The standard InChI is InChI=1S/C15H16ClNO4S/c1-3-4-5-17-14(19)12(22-15(17)20)8-9-6-10(16)13(18)11(7-9)21-2/h6-8,18H,3-5H2,1-2H3/b12-8-. The zero-order chi connectivity index (χ0) is 16.3. The third-order valence-corrected chi connectivity index (χ3v) is 4.37. The number of unbranched alkanes of at least 4 members (excludes halogenated alkanes) is 1. The highest BCUT2D eigenvalue weighted by atomic mass is 35.5. The van der Waals surface area contributed by atoms with E-state index < -0.39 is 0 Å². The van der Waals surface area contributed by atoms with Crippen molar-refractivity contribution < 1.29 is 19.4 Å². The topological polar surface area (TPSA) is 66.8 Å². The fourth-order valence-electron chi connectivity index (χ4n) is 1.99. The van der Waals surface area contributed by atoms with Crippen molar-refractivity contribution in [1.29, 1.82) is 0 Å². The van der Waals surface area contributed by atoms with Gasteiger partial charge in [0.2, 0.25) is 0 Å². The number of phenols is 1. The monoisotopic (exact) mass is 341 g/mol. The van der Waals surface area contributed by atoms with Gasteiger partial charge in [-0.3, -0.25) is 14.5 Å². The summed E-state index contributed by atoms with van der Waals surface area (Å²) in [6.45, 7) is 2.43. The molecule has 0 saturated carbocycles. The summed E-state index contributed by atoms with van der Waals surface area (Å²) < 4.78 is 5.02. The Balaban J connectivity index is 2.29. The molecule has 0 bridgehead atoms. The van der Waals surface area contributed by atoms with E-state index in [9.17, 15) is 14.7 Å². The van der Waals surface area contributed by atoms with Gasteiger partial charge in [-0.1, -0.05) is 24.9 Å². The second-order valence-electron chi connectivity index (χ2n) is 4.74. The van der Waals surface area contributed by atoms with Crippen LogP contribution in [0.1, 0.15) is 25.3 Å². The number of nitrogens with zero attached hydrogens (tertiary/aromatic N) is 1. The highest BCUT2D eigenvalue weighted by molar-refractivity contribution is 8.18. The highest BCUT2D eigenvalue weighted by Crippen LogP contribution is 2.37. The third kappa shape index (κ3) is 3.39. The van der Waals surface area contributed by atoms with Crippen molar-refractivity contribution in [3.05, 3.63) is 27.6 Å². The number of aromatic hydroxyl groups is 1. The smallest absolute Gasteiger partial charge is 0.293 e. The van der Waals surface area contributed by atoms with Crippen LogP contribution in [0.25, 0.3) is 6.08 Å². The van der Waals surface area contributed by atoms with Gasteiger partial charge >= 0.3 is 0 Å². The summed E-state index contributed by atoms with van der Waals surface area (Å²) in [6, 6.07) is 3.07. The van der Waals surface area contributed by atoms with Crippen LogP contribution in [-0.4, -0.2) is 34.8 Å². The third-order valence-electron chi connectivity index (χ3n) is 3.18. The lowest BCUT2D eigenvalue weighted by atomic mass is 10.2. The first-order chi connectivity index (χ1) is 10.5. The van der Waals surface area contributed by atoms with E-state index in [4.69, 9.17) is 16.3 Å². The molecule has 0 aromatic heterocycles. The van der Waals surface area contributed by atoms with E-state index in [1.54, 1.807) is 12.1 Å². The quantitative estimate of drug-likeness (QED) is 0.823. The molecule has 2 amide bonds. The normalized spacial score (nSPS) is 16.7. The number of halogens is 1. The van der Waals surface area contributed by atoms with Crippen molar-refractivity contribution >= 4 is 40.6 Å². The second kappa shape index (κ2) is 7.07. The molecule has 118 valence electrons. The fourth-order valence-corrected chi connectivity index (χ4v) is 3.08. The molecule has 1 saturated heterocycles. The average Bonchev–Trinajstić information content (AvgIpc) is 2.75. The number of carbonyl (C=O) groups excluding carboxylic acids is 2. The molecule has 1 N–H and O–H groups in total. The largest absolute Gasteiger partial charge is 0.503 e. The van der Waals surface area contributed by atoms with Crippen molar-refractivity contribution in [2.24, 2.45) is 0 Å². The number of thioether (sulfide) groups is 1. The Morgan fingerprint density at radius 2 is 2.14 bits per heavy atom. The number of methoxy groups -OCH3 is 1. The van der Waals surface area contributed by atoms with Crippen molar-refractivity contribution in [2.75, 3.05) is 13.7 Å². The molecule has 0 atom stereocenters. The van der Waals surface area contributed by atoms with Crippen molar-refractivity contribution in [1.82, 2.24) is 4.90 Å². The Hall–Kier alpha value is -1.66. The number of benzene rings is 1. The van der Waals surface area contributed by atoms with Gasteiger partial charge in [0, 0.05) is 6.54 Å². The lowest BCUT2D eigenvalue weighted by Gasteiger charge is -2.10. The van der Waals surface area contributed by atoms with Crippen molar-refractivity contribution in [3.8, 4) is 11.5 Å². The van der Waals surface area contributed by atoms with Gasteiger partial charge in [0.05, 0.1) is 17.0 Å². The molecule has 1 aliphatic rings. The van der Waals surface area contributed by atoms with E-state index >= 15 is 0 Å². The molecule has 22 heavy (non-hydrogen) atoms. The van der Waals surface area contributed by atoms with Crippen LogP contribution in [0.5, 0.6) is 11.5 Å². The maximum Gasteiger partial charge on any atom is 0.293 e. The van der Waals surface area contributed by atoms with Crippen LogP contribution in [0.2, 0.25) is 5.02 Å². The maximum absolute atomic E-state index is 12.2. The van der Waals surface area contributed by atoms with Crippen LogP contribution in [-0.2, 0) is 4.79 Å². The number of ether oxygens (including phenoxy) is 1. The van der Waals surface area contributed by atoms with Crippen LogP contribution in [0, 0.1) is 0 Å². The molecule has 1 heterocycles. The number of phenolic OH excluding ortho intramolecular Hbond substituents is 1. The van der Waals surface area contributed by atoms with E-state index in [1.807, 2.05) is 6.92 Å². The number of rotatable bonds is 5. The van der Waals surface area contributed by atoms with Crippen molar-refractivity contribution in [2.45, 2.75) is 19.8 Å². The van der Waals surface area contributed by atoms with Gasteiger partial charge < -0.3 is 9.84 Å². The minimum absolute atomic E-state index is 0.121. The minimum Gasteiger partial charge on any atom is -0.503 e. The zero-order valence-electron chi connectivity index (χ0n) is 12.3. The second-order valence-corrected chi connectivity index (χ2v) is 6.14. The molecular formula is C15H16ClNO4S. The molecular weight excluding hydrogens is 326 g/mol. The van der Waals surface area contributed by atoms with E-state index in [0.29, 0.717) is 17.0 Å². The summed E-state index contributed by atoms with van der Waals surface area (Å²) in [4.78, 5) is 25.7. The SMILES string of the molecule is CCCCN1C(=O)S/C(=C\c2cc(Cl)c(O)c(OC)c2)C1=O. The lowest BCUT2D eigenvalue weighted by molar-refractivity contribution is -0.122. The number of imide groups is 1. The van der Waals surface area contributed by atoms with Crippen LogP contribution < -0.4 is 4.74 Å². The lowest BCUT2D eigenvalue weighted by Crippen LogP contribution is -2.29. The number of carbonyl (C=O) groups is 2. The fraction of sp³-hybridized carbons (Fsp3) is 0.333. The van der Waals surface area contributed by atoms with Gasteiger partial charge in [-0.05, 0) is 42.0 Å². The molecule has 0 aliphatic carbocycles. The van der Waals surface area contributed by atoms with Gasteiger partial charge in [0.15, 0.2) is 11.5 Å². The van der Waals surface area contributed by atoms with E-state index in [0.717, 1.165) is 24.6 Å². The first-order valence-corrected chi connectivity index (χ1v) is 7.99. The Bertz CT molecular complexity index is 645. The van der Waals surface area contributed by atoms with Crippen LogP contribution >= 0.6 is 23.4 Å². The Morgan fingerprint density at radius 3 is 2.77 bits per heavy atom. The maximum atomic E-state index is 12.2. The van der Waals surface area contributed by atoms with Crippen LogP contribution in [0.4, 0.5) is 4.79 Å². The van der Waals surface area contributed by atoms with Gasteiger partial charge in [-0.15, -0.1) is 0 Å². The van der Waals surface area contributed by atoms with Gasteiger partial charge in [0.1, 0.15) is 0 Å². The van der Waals surface area contributed by atoms with Crippen LogP contribution in [0.3, 0.4) is 0 Å². The van der Waals surface area contributed by atoms with E-state index in [1.165, 1.54) is 18.1 Å². The molecule has 2 rings (SSSR count). The van der Waals surface area contributed by atoms with E-state index in [-0.39, 0.29) is 27.7 Å². The van der Waals surface area contributed by atoms with Crippen LogP contribution in [0.15, 0.2) is 17.0 Å². The predicted octanol–water partition coefficient (Wildman–Crippen LogP) is 3.89. The molecule has 0 spiro atoms. The molecule has 0 radical (unpaired) electrons. The summed E-state index contributed by atoms with van der Waals surface area (Å²) in [5.74, 6) is -0.243. The zero-order valence-corrected chi connectivity index (χ0v) is 13.8. The molecule has 1 aromatic carbocycles. The van der Waals surface area contributed by atoms with E-state index in [2.05, 4.69) is 0 Å². The molecule has 1 aromatic rings. The first-order valence-electron chi connectivity index (χ1n) is 6.79. The number of hydrogen-bond acceptors (Lipinski definition) is 5. The predicted molar refractivity (Wildman–Crippen MR) is 87.3 cm³/mol. The van der Waals surface area contributed by atoms with Gasteiger partial charge in [0.25, 0.3) is 11.1 Å². The Kier molecular flexibility index (Phi) is 5.37. The summed E-state index contributed by atoms with van der Waals surface area (Å²) in [5.41, 5.74) is 0.584. The first kappa shape index (κ1) is 16.7. The number of hydrogen-bond donors (Lipinski definition) is 1. The molecule has 5 nitrogen and oxygen atoms in total. The van der Waals surface area contributed by atoms with Gasteiger partial charge in [-0.25, -0.2) is 0 Å². The summed E-state index contributed by atoms with van der Waals surface area (Å²) >= 11 is 6.82. The Labute approximate surface area is 137 Å². The summed E-state index contributed by atoms with van der Waals surface area (Å²) in [7, 11) is 1.41.